The first-order chi connectivity index (χ1) is 9.57. The van der Waals surface area contributed by atoms with Crippen LogP contribution in [0.25, 0.3) is 11.1 Å². The van der Waals surface area contributed by atoms with Crippen LogP contribution in [0.2, 0.25) is 0 Å². The fourth-order valence-electron chi connectivity index (χ4n) is 2.30. The Morgan fingerprint density at radius 3 is 1.43 bits per heavy atom. The molecule has 0 aromatic heterocycles. The first-order valence-electron chi connectivity index (χ1n) is 7.49. The van der Waals surface area contributed by atoms with Gasteiger partial charge in [0.1, 0.15) is 5.82 Å². The standard InChI is InChI=1S/C20H25F/c1-19(2,3)16-11-15(12-17(13-16)20(4,5)6)14-7-9-18(21)10-8-14/h7-13H,1-6H3. The summed E-state index contributed by atoms with van der Waals surface area (Å²) in [6.07, 6.45) is 0. The lowest BCUT2D eigenvalue weighted by molar-refractivity contribution is 0.569. The van der Waals surface area contributed by atoms with Crippen molar-refractivity contribution >= 4 is 0 Å². The van der Waals surface area contributed by atoms with Gasteiger partial charge in [-0.25, -0.2) is 4.39 Å². The molecule has 0 atom stereocenters. The molecule has 0 saturated carbocycles. The van der Waals surface area contributed by atoms with E-state index in [9.17, 15) is 4.39 Å². The minimum atomic E-state index is -0.193. The Morgan fingerprint density at radius 1 is 0.619 bits per heavy atom. The quantitative estimate of drug-likeness (QED) is 0.594. The zero-order valence-electron chi connectivity index (χ0n) is 13.9. The van der Waals surface area contributed by atoms with E-state index >= 15 is 0 Å². The van der Waals surface area contributed by atoms with E-state index in [1.165, 1.54) is 23.3 Å². The van der Waals surface area contributed by atoms with Crippen LogP contribution in [0.1, 0.15) is 52.7 Å². The van der Waals surface area contributed by atoms with Crippen LogP contribution in [-0.2, 0) is 10.8 Å². The molecule has 0 aliphatic heterocycles. The molecule has 2 aromatic rings. The summed E-state index contributed by atoms with van der Waals surface area (Å²) in [4.78, 5) is 0. The van der Waals surface area contributed by atoms with Crippen molar-refractivity contribution < 1.29 is 4.39 Å². The largest absolute Gasteiger partial charge is 0.207 e. The molecule has 1 heteroatoms. The predicted octanol–water partition coefficient (Wildman–Crippen LogP) is 6.09. The van der Waals surface area contributed by atoms with E-state index in [1.807, 2.05) is 12.1 Å². The second-order valence-corrected chi connectivity index (χ2v) is 7.81. The Morgan fingerprint density at radius 2 is 1.05 bits per heavy atom. The van der Waals surface area contributed by atoms with Gasteiger partial charge in [-0.1, -0.05) is 71.9 Å². The highest BCUT2D eigenvalue weighted by Gasteiger charge is 2.20. The lowest BCUT2D eigenvalue weighted by Crippen LogP contribution is -2.16. The lowest BCUT2D eigenvalue weighted by atomic mass is 9.79. The molecular weight excluding hydrogens is 259 g/mol. The summed E-state index contributed by atoms with van der Waals surface area (Å²) in [7, 11) is 0. The van der Waals surface area contributed by atoms with E-state index in [4.69, 9.17) is 0 Å². The number of rotatable bonds is 1. The Labute approximate surface area is 128 Å². The zero-order chi connectivity index (χ0) is 15.8. The van der Waals surface area contributed by atoms with E-state index in [1.54, 1.807) is 0 Å². The van der Waals surface area contributed by atoms with Gasteiger partial charge in [-0.3, -0.25) is 0 Å². The summed E-state index contributed by atoms with van der Waals surface area (Å²) in [5.74, 6) is -0.193. The van der Waals surface area contributed by atoms with Gasteiger partial charge in [0.05, 0.1) is 0 Å². The molecule has 0 N–H and O–H groups in total. The summed E-state index contributed by atoms with van der Waals surface area (Å²) in [6, 6.07) is 13.5. The second kappa shape index (κ2) is 5.29. The second-order valence-electron chi connectivity index (χ2n) is 7.81. The molecule has 0 spiro atoms. The molecule has 0 aliphatic rings. The van der Waals surface area contributed by atoms with Crippen molar-refractivity contribution in [1.29, 1.82) is 0 Å². The molecule has 0 amide bonds. The van der Waals surface area contributed by atoms with Gasteiger partial charge in [0.25, 0.3) is 0 Å². The molecule has 21 heavy (non-hydrogen) atoms. The van der Waals surface area contributed by atoms with Crippen molar-refractivity contribution in [2.75, 3.05) is 0 Å². The maximum Gasteiger partial charge on any atom is 0.123 e. The normalized spacial score (nSPS) is 12.5. The SMILES string of the molecule is CC(C)(C)c1cc(-c2ccc(F)cc2)cc(C(C)(C)C)c1. The fourth-order valence-corrected chi connectivity index (χ4v) is 2.30. The van der Waals surface area contributed by atoms with Crippen molar-refractivity contribution in [3.8, 4) is 11.1 Å². The van der Waals surface area contributed by atoms with Gasteiger partial charge in [0.2, 0.25) is 0 Å². The highest BCUT2D eigenvalue weighted by molar-refractivity contribution is 5.66. The lowest BCUT2D eigenvalue weighted by Gasteiger charge is -2.26. The van der Waals surface area contributed by atoms with Gasteiger partial charge in [-0.2, -0.15) is 0 Å². The summed E-state index contributed by atoms with van der Waals surface area (Å²) >= 11 is 0. The Bertz CT molecular complexity index is 590. The van der Waals surface area contributed by atoms with Crippen LogP contribution < -0.4 is 0 Å². The van der Waals surface area contributed by atoms with Crippen LogP contribution in [0.15, 0.2) is 42.5 Å². The topological polar surface area (TPSA) is 0 Å². The van der Waals surface area contributed by atoms with Gasteiger partial charge in [0.15, 0.2) is 0 Å². The first kappa shape index (κ1) is 15.8. The summed E-state index contributed by atoms with van der Waals surface area (Å²) in [6.45, 7) is 13.4. The first-order valence-corrected chi connectivity index (χ1v) is 7.49. The molecular formula is C20H25F. The minimum Gasteiger partial charge on any atom is -0.207 e. The van der Waals surface area contributed by atoms with Crippen molar-refractivity contribution in [3.05, 3.63) is 59.4 Å². The molecule has 2 rings (SSSR count). The van der Waals surface area contributed by atoms with Crippen LogP contribution >= 0.6 is 0 Å². The van der Waals surface area contributed by atoms with Crippen molar-refractivity contribution in [1.82, 2.24) is 0 Å². The van der Waals surface area contributed by atoms with E-state index < -0.39 is 0 Å². The van der Waals surface area contributed by atoms with Crippen LogP contribution in [0, 0.1) is 5.82 Å². The fraction of sp³-hybridized carbons (Fsp3) is 0.400. The maximum absolute atomic E-state index is 13.1. The number of benzene rings is 2. The Kier molecular flexibility index (Phi) is 3.97. The van der Waals surface area contributed by atoms with Gasteiger partial charge < -0.3 is 0 Å². The summed E-state index contributed by atoms with van der Waals surface area (Å²) in [5.41, 5.74) is 5.04. The molecule has 0 aliphatic carbocycles. The average Bonchev–Trinajstić information content (AvgIpc) is 2.37. The molecule has 0 radical (unpaired) electrons. The van der Waals surface area contributed by atoms with Gasteiger partial charge in [0, 0.05) is 0 Å². The third-order valence-electron chi connectivity index (χ3n) is 3.84. The average molecular weight is 284 g/mol. The molecule has 2 aromatic carbocycles. The van der Waals surface area contributed by atoms with Crippen molar-refractivity contribution in [2.24, 2.45) is 0 Å². The number of hydrogen-bond acceptors (Lipinski definition) is 0. The Balaban J connectivity index is 2.63. The van der Waals surface area contributed by atoms with Crippen LogP contribution in [0.5, 0.6) is 0 Å². The monoisotopic (exact) mass is 284 g/mol. The van der Waals surface area contributed by atoms with E-state index in [-0.39, 0.29) is 16.6 Å². The molecule has 0 unspecified atom stereocenters. The summed E-state index contributed by atoms with van der Waals surface area (Å²) in [5, 5.41) is 0. The maximum atomic E-state index is 13.1. The molecule has 0 nitrogen and oxygen atoms in total. The molecule has 0 fully saturated rings. The van der Waals surface area contributed by atoms with Crippen molar-refractivity contribution in [2.45, 2.75) is 52.4 Å². The smallest absolute Gasteiger partial charge is 0.123 e. The van der Waals surface area contributed by atoms with Crippen molar-refractivity contribution in [3.63, 3.8) is 0 Å². The molecule has 0 bridgehead atoms. The van der Waals surface area contributed by atoms with Gasteiger partial charge >= 0.3 is 0 Å². The molecule has 0 saturated heterocycles. The zero-order valence-corrected chi connectivity index (χ0v) is 13.9. The van der Waals surface area contributed by atoms with E-state index in [0.29, 0.717) is 0 Å². The molecule has 112 valence electrons. The van der Waals surface area contributed by atoms with Crippen LogP contribution in [-0.4, -0.2) is 0 Å². The highest BCUT2D eigenvalue weighted by atomic mass is 19.1. The summed E-state index contributed by atoms with van der Waals surface area (Å²) < 4.78 is 13.1. The van der Waals surface area contributed by atoms with Gasteiger partial charge in [-0.15, -0.1) is 0 Å². The van der Waals surface area contributed by atoms with E-state index in [2.05, 4.69) is 59.7 Å². The third-order valence-corrected chi connectivity index (χ3v) is 3.84. The minimum absolute atomic E-state index is 0.0933. The van der Waals surface area contributed by atoms with E-state index in [0.717, 1.165) is 11.1 Å². The van der Waals surface area contributed by atoms with Gasteiger partial charge in [-0.05, 0) is 45.2 Å². The number of halogens is 1. The highest BCUT2D eigenvalue weighted by Crippen LogP contribution is 2.33. The van der Waals surface area contributed by atoms with Crippen LogP contribution in [0.3, 0.4) is 0 Å². The predicted molar refractivity (Wildman–Crippen MR) is 89.2 cm³/mol. The molecule has 0 heterocycles. The van der Waals surface area contributed by atoms with Crippen LogP contribution in [0.4, 0.5) is 4.39 Å². The number of hydrogen-bond donors (Lipinski definition) is 0. The third kappa shape index (κ3) is 3.72. The Hall–Kier alpha value is -1.63.